The van der Waals surface area contributed by atoms with Crippen LogP contribution in [0.4, 0.5) is 10.1 Å². The van der Waals surface area contributed by atoms with Crippen LogP contribution in [0.1, 0.15) is 21.5 Å². The van der Waals surface area contributed by atoms with Crippen LogP contribution in [0, 0.1) is 17.1 Å². The van der Waals surface area contributed by atoms with Crippen molar-refractivity contribution in [3.05, 3.63) is 83.2 Å². The van der Waals surface area contributed by atoms with Crippen molar-refractivity contribution in [1.29, 1.82) is 5.26 Å². The molecular weight excluding hydrogens is 513 g/mol. The first kappa shape index (κ1) is 26.7. The van der Waals surface area contributed by atoms with Gasteiger partial charge in [-0.3, -0.25) is 4.79 Å². The van der Waals surface area contributed by atoms with Crippen LogP contribution < -0.4 is 15.4 Å². The van der Waals surface area contributed by atoms with Gasteiger partial charge in [0.05, 0.1) is 22.9 Å². The molecule has 0 spiro atoms. The molecule has 0 atom stereocenters. The fourth-order valence-corrected chi connectivity index (χ4v) is 4.14. The van der Waals surface area contributed by atoms with Crippen molar-refractivity contribution < 1.29 is 31.5 Å². The zero-order valence-electron chi connectivity index (χ0n) is 20.6. The van der Waals surface area contributed by atoms with Crippen LogP contribution in [0.15, 0.2) is 65.1 Å². The average Bonchev–Trinajstić information content (AvgIpc) is 3.27. The number of nitrogens with zero attached hydrogens (tertiary/aromatic N) is 1. The van der Waals surface area contributed by atoms with Crippen LogP contribution >= 0.6 is 0 Å². The summed E-state index contributed by atoms with van der Waals surface area (Å²) in [7, 11) is -1.84. The van der Waals surface area contributed by atoms with Gasteiger partial charge in [-0.15, -0.1) is 0 Å². The number of nitrogens with one attached hydrogen (secondary N) is 2. The Labute approximate surface area is 218 Å². The minimum atomic E-state index is -3.33. The minimum absolute atomic E-state index is 0.109. The number of sulfone groups is 1. The maximum absolute atomic E-state index is 13.5. The minimum Gasteiger partial charge on any atom is -0.487 e. The zero-order chi connectivity index (χ0) is 27.3. The van der Waals surface area contributed by atoms with E-state index < -0.39 is 27.5 Å². The zero-order valence-corrected chi connectivity index (χ0v) is 21.4. The van der Waals surface area contributed by atoms with Crippen LogP contribution in [0.5, 0.6) is 5.75 Å². The fourth-order valence-electron chi connectivity index (χ4n) is 3.75. The molecule has 0 unspecified atom stereocenters. The Bertz CT molecular complexity index is 1630. The van der Waals surface area contributed by atoms with Crippen LogP contribution in [-0.4, -0.2) is 40.3 Å². The predicted molar refractivity (Wildman–Crippen MR) is 140 cm³/mol. The van der Waals surface area contributed by atoms with Gasteiger partial charge in [0.2, 0.25) is 0 Å². The lowest BCUT2D eigenvalue weighted by Gasteiger charge is -2.14. The number of nitriles is 1. The van der Waals surface area contributed by atoms with E-state index >= 15 is 0 Å². The number of ether oxygens (including phenoxy) is 2. The van der Waals surface area contributed by atoms with Crippen molar-refractivity contribution in [3.8, 4) is 23.1 Å². The second kappa shape index (κ2) is 11.3. The van der Waals surface area contributed by atoms with E-state index in [0.29, 0.717) is 33.5 Å². The third-order valence-electron chi connectivity index (χ3n) is 5.46. The first-order valence-corrected chi connectivity index (χ1v) is 13.4. The molecule has 1 amide bonds. The van der Waals surface area contributed by atoms with Crippen molar-refractivity contribution in [2.24, 2.45) is 0 Å². The fraction of sp³-hybridized carbons (Fsp3) is 0.185. The van der Waals surface area contributed by atoms with Gasteiger partial charge >= 0.3 is 0 Å². The highest BCUT2D eigenvalue weighted by molar-refractivity contribution is 7.90. The molecule has 0 aliphatic rings. The summed E-state index contributed by atoms with van der Waals surface area (Å²) in [4.78, 5) is 12.9. The van der Waals surface area contributed by atoms with E-state index in [4.69, 9.17) is 13.9 Å². The van der Waals surface area contributed by atoms with E-state index in [1.807, 2.05) is 6.07 Å². The van der Waals surface area contributed by atoms with Gasteiger partial charge in [0, 0.05) is 30.3 Å². The maximum Gasteiger partial charge on any atom is 0.255 e. The number of hydrogen-bond donors (Lipinski definition) is 2. The number of carbonyl (C=O) groups excluding carboxylic acids is 1. The molecule has 38 heavy (non-hydrogen) atoms. The van der Waals surface area contributed by atoms with E-state index in [1.165, 1.54) is 31.3 Å². The normalized spacial score (nSPS) is 11.2. The third kappa shape index (κ3) is 6.29. The summed E-state index contributed by atoms with van der Waals surface area (Å²) in [6, 6.07) is 17.8. The summed E-state index contributed by atoms with van der Waals surface area (Å²) < 4.78 is 53.7. The number of anilines is 1. The number of rotatable bonds is 10. The molecule has 2 N–H and O–H groups in total. The van der Waals surface area contributed by atoms with Crippen LogP contribution in [0.2, 0.25) is 0 Å². The molecule has 1 heterocycles. The van der Waals surface area contributed by atoms with Crippen LogP contribution in [0.25, 0.3) is 22.3 Å². The van der Waals surface area contributed by atoms with Crippen molar-refractivity contribution in [2.75, 3.05) is 31.3 Å². The highest BCUT2D eigenvalue weighted by Gasteiger charge is 2.23. The third-order valence-corrected chi connectivity index (χ3v) is 6.06. The summed E-state index contributed by atoms with van der Waals surface area (Å²) in [5, 5.41) is 15.2. The molecule has 9 nitrogen and oxygen atoms in total. The van der Waals surface area contributed by atoms with Crippen LogP contribution in [0.3, 0.4) is 0 Å². The van der Waals surface area contributed by atoms with Gasteiger partial charge in [0.15, 0.2) is 9.84 Å². The van der Waals surface area contributed by atoms with E-state index in [-0.39, 0.29) is 24.7 Å². The topological polar surface area (TPSA) is 131 Å². The number of fused-ring (bicyclic) bond motifs is 1. The lowest BCUT2D eigenvalue weighted by atomic mass is 10.0. The van der Waals surface area contributed by atoms with Gasteiger partial charge in [-0.25, -0.2) is 12.8 Å². The number of halogens is 1. The molecule has 4 rings (SSSR count). The standard InChI is InChI=1S/C27H24FN3O6S/c1-30-27(32)25-21-11-24(36-14-18-5-3-4-17(10-18)13-29)22(31-15-35-16-38(2,33)34)12-23(21)37-26(25)19-6-8-20(28)9-7-19/h3-12,31H,14-16H2,1-2H3,(H,30,32). The summed E-state index contributed by atoms with van der Waals surface area (Å²) >= 11 is 0. The molecule has 0 aliphatic carbocycles. The molecule has 0 fully saturated rings. The Hall–Kier alpha value is -4.40. The highest BCUT2D eigenvalue weighted by atomic mass is 32.2. The highest BCUT2D eigenvalue weighted by Crippen LogP contribution is 2.39. The van der Waals surface area contributed by atoms with E-state index in [1.54, 1.807) is 30.3 Å². The second-order valence-corrected chi connectivity index (χ2v) is 10.5. The molecule has 3 aromatic carbocycles. The monoisotopic (exact) mass is 537 g/mol. The van der Waals surface area contributed by atoms with Crippen molar-refractivity contribution >= 4 is 32.4 Å². The molecule has 11 heteroatoms. The van der Waals surface area contributed by atoms with Gasteiger partial charge in [0.1, 0.15) is 42.2 Å². The number of benzene rings is 3. The summed E-state index contributed by atoms with van der Waals surface area (Å²) in [5.74, 6) is -0.733. The number of hydrogen-bond acceptors (Lipinski definition) is 8. The molecular formula is C27H24FN3O6S. The quantitative estimate of drug-likeness (QED) is 0.224. The maximum atomic E-state index is 13.5. The summed E-state index contributed by atoms with van der Waals surface area (Å²) in [5.41, 5.74) is 2.73. The Kier molecular flexibility index (Phi) is 7.95. The van der Waals surface area contributed by atoms with Gasteiger partial charge < -0.3 is 24.5 Å². The number of amides is 1. The predicted octanol–water partition coefficient (Wildman–Crippen LogP) is 4.44. The smallest absolute Gasteiger partial charge is 0.255 e. The van der Waals surface area contributed by atoms with Crippen molar-refractivity contribution in [3.63, 3.8) is 0 Å². The van der Waals surface area contributed by atoms with Crippen molar-refractivity contribution in [1.82, 2.24) is 5.32 Å². The molecule has 0 bridgehead atoms. The summed E-state index contributed by atoms with van der Waals surface area (Å²) in [6.07, 6.45) is 1.06. The molecule has 196 valence electrons. The Morgan fingerprint density at radius 3 is 2.58 bits per heavy atom. The van der Waals surface area contributed by atoms with Crippen LogP contribution in [-0.2, 0) is 21.2 Å². The lowest BCUT2D eigenvalue weighted by molar-refractivity contribution is 0.0964. The molecule has 1 aromatic heterocycles. The number of furan rings is 1. The van der Waals surface area contributed by atoms with Gasteiger partial charge in [0.25, 0.3) is 5.91 Å². The molecule has 0 saturated carbocycles. The SMILES string of the molecule is CNC(=O)c1c(-c2ccc(F)cc2)oc2cc(NCOCS(C)(=O)=O)c(OCc3cccc(C#N)c3)cc12. The molecule has 4 aromatic rings. The van der Waals surface area contributed by atoms with E-state index in [2.05, 4.69) is 16.7 Å². The van der Waals surface area contributed by atoms with Gasteiger partial charge in [-0.2, -0.15) is 5.26 Å². The Morgan fingerprint density at radius 1 is 1.13 bits per heavy atom. The molecule has 0 radical (unpaired) electrons. The molecule has 0 aliphatic heterocycles. The van der Waals surface area contributed by atoms with Gasteiger partial charge in [-0.05, 0) is 48.0 Å². The Balaban J connectivity index is 1.76. The summed E-state index contributed by atoms with van der Waals surface area (Å²) in [6.45, 7) is -0.0371. The van der Waals surface area contributed by atoms with Crippen molar-refractivity contribution in [2.45, 2.75) is 6.61 Å². The second-order valence-electron chi connectivity index (χ2n) is 8.41. The first-order valence-electron chi connectivity index (χ1n) is 11.4. The molecule has 0 saturated heterocycles. The average molecular weight is 538 g/mol. The van der Waals surface area contributed by atoms with Gasteiger partial charge in [-0.1, -0.05) is 12.1 Å². The lowest BCUT2D eigenvalue weighted by Crippen LogP contribution is -2.18. The first-order chi connectivity index (χ1) is 18.2. The van der Waals surface area contributed by atoms with E-state index in [9.17, 15) is 22.9 Å². The van der Waals surface area contributed by atoms with E-state index in [0.717, 1.165) is 11.8 Å². The largest absolute Gasteiger partial charge is 0.487 e. The Morgan fingerprint density at radius 2 is 1.89 bits per heavy atom. The number of carbonyl (C=O) groups is 1.